The highest BCUT2D eigenvalue weighted by atomic mass is 35.5. The number of nitrogens with one attached hydrogen (secondary N) is 1. The Morgan fingerprint density at radius 3 is 2.68 bits per heavy atom. The first-order valence-corrected chi connectivity index (χ1v) is 10.7. The number of alkyl halides is 1. The summed E-state index contributed by atoms with van der Waals surface area (Å²) in [6.45, 7) is 0.510. The smallest absolute Gasteiger partial charge is 0.191 e. The summed E-state index contributed by atoms with van der Waals surface area (Å²) in [5.74, 6) is 0.689. The maximum Gasteiger partial charge on any atom is 0.191 e. The average molecular weight is 430 g/mol. The average Bonchev–Trinajstić information content (AvgIpc) is 3.11. The van der Waals surface area contributed by atoms with E-state index >= 15 is 0 Å². The van der Waals surface area contributed by atoms with Gasteiger partial charge in [0, 0.05) is 10.7 Å². The Kier molecular flexibility index (Phi) is 5.71. The maximum absolute atomic E-state index is 6.62. The minimum atomic E-state index is -0.207. The second kappa shape index (κ2) is 8.39. The Balaban J connectivity index is 1.70. The Morgan fingerprint density at radius 1 is 1.11 bits per heavy atom. The van der Waals surface area contributed by atoms with Gasteiger partial charge in [0.1, 0.15) is 5.82 Å². The van der Waals surface area contributed by atoms with Crippen LogP contribution in [0.4, 0.5) is 11.5 Å². The molecule has 0 radical (unpaired) electrons. The molecular weight excluding hydrogens is 413 g/mol. The minimum absolute atomic E-state index is 0.207. The molecule has 0 aliphatic rings. The highest BCUT2D eigenvalue weighted by molar-refractivity contribution is 7.98. The summed E-state index contributed by atoms with van der Waals surface area (Å²) in [6, 6.07) is 17.5. The van der Waals surface area contributed by atoms with Crippen LogP contribution in [0.2, 0.25) is 5.02 Å². The van der Waals surface area contributed by atoms with E-state index in [1.54, 1.807) is 6.20 Å². The third-order valence-electron chi connectivity index (χ3n) is 4.24. The molecule has 5 nitrogen and oxygen atoms in total. The zero-order chi connectivity index (χ0) is 19.5. The monoisotopic (exact) mass is 429 g/mol. The van der Waals surface area contributed by atoms with Crippen molar-refractivity contribution in [3.8, 4) is 0 Å². The van der Waals surface area contributed by atoms with Gasteiger partial charge in [-0.05, 0) is 30.0 Å². The van der Waals surface area contributed by atoms with Crippen molar-refractivity contribution in [3.05, 3.63) is 71.4 Å². The number of aromatic nitrogens is 4. The van der Waals surface area contributed by atoms with E-state index in [9.17, 15) is 0 Å². The molecular formula is C20H17Cl2N5S. The molecule has 2 aromatic heterocycles. The van der Waals surface area contributed by atoms with Gasteiger partial charge in [0.05, 0.1) is 23.5 Å². The Hall–Kier alpha value is -2.28. The van der Waals surface area contributed by atoms with E-state index in [1.807, 2.05) is 65.5 Å². The van der Waals surface area contributed by atoms with E-state index in [2.05, 4.69) is 20.4 Å². The van der Waals surface area contributed by atoms with E-state index in [-0.39, 0.29) is 5.38 Å². The van der Waals surface area contributed by atoms with E-state index in [0.29, 0.717) is 22.5 Å². The Labute approximate surface area is 177 Å². The van der Waals surface area contributed by atoms with E-state index < -0.39 is 0 Å². The maximum atomic E-state index is 6.62. The van der Waals surface area contributed by atoms with Gasteiger partial charge >= 0.3 is 0 Å². The van der Waals surface area contributed by atoms with Gasteiger partial charge in [-0.3, -0.25) is 0 Å². The summed E-state index contributed by atoms with van der Waals surface area (Å²) in [5.41, 5.74) is 2.64. The number of halogens is 2. The number of thioether (sulfide) groups is 1. The fourth-order valence-corrected chi connectivity index (χ4v) is 3.70. The van der Waals surface area contributed by atoms with Crippen molar-refractivity contribution in [2.45, 2.75) is 17.1 Å². The molecule has 4 rings (SSSR count). The molecule has 2 heterocycles. The highest BCUT2D eigenvalue weighted by Crippen LogP contribution is 2.29. The minimum Gasteiger partial charge on any atom is -0.339 e. The second-order valence-corrected chi connectivity index (χ2v) is 7.87. The predicted octanol–water partition coefficient (Wildman–Crippen LogP) is 5.93. The highest BCUT2D eigenvalue weighted by Gasteiger charge is 2.16. The van der Waals surface area contributed by atoms with Crippen molar-refractivity contribution >= 4 is 57.5 Å². The number of anilines is 2. The topological polar surface area (TPSA) is 55.6 Å². The molecule has 1 unspecified atom stereocenters. The summed E-state index contributed by atoms with van der Waals surface area (Å²) in [7, 11) is 0. The molecule has 0 aliphatic carbocycles. The largest absolute Gasteiger partial charge is 0.339 e. The summed E-state index contributed by atoms with van der Waals surface area (Å²) in [6.07, 6.45) is 3.71. The summed E-state index contributed by atoms with van der Waals surface area (Å²) in [4.78, 5) is 9.25. The molecule has 8 heteroatoms. The standard InChI is InChI=1S/C20H17Cl2N5S/c1-28-20-25-18(24-15-9-5-8-14(21)10-15)16-11-23-27(19(16)26-20)12-17(22)13-6-3-2-4-7-13/h2-11,17H,12H2,1H3,(H,24,25,26). The molecule has 4 aromatic rings. The molecule has 28 heavy (non-hydrogen) atoms. The molecule has 0 amide bonds. The first-order chi connectivity index (χ1) is 13.6. The number of hydrogen-bond donors (Lipinski definition) is 1. The van der Waals surface area contributed by atoms with Crippen LogP contribution < -0.4 is 5.32 Å². The number of fused-ring (bicyclic) bond motifs is 1. The van der Waals surface area contributed by atoms with Crippen LogP contribution in [0.3, 0.4) is 0 Å². The van der Waals surface area contributed by atoms with Gasteiger partial charge in [-0.2, -0.15) is 5.10 Å². The third-order valence-corrected chi connectivity index (χ3v) is 5.41. The van der Waals surface area contributed by atoms with Crippen LogP contribution in [-0.4, -0.2) is 26.0 Å². The molecule has 1 atom stereocenters. The molecule has 0 bridgehead atoms. The van der Waals surface area contributed by atoms with Gasteiger partial charge in [-0.15, -0.1) is 11.6 Å². The van der Waals surface area contributed by atoms with Gasteiger partial charge in [0.25, 0.3) is 0 Å². The summed E-state index contributed by atoms with van der Waals surface area (Å²) < 4.78 is 1.82. The van der Waals surface area contributed by atoms with Gasteiger partial charge in [-0.25, -0.2) is 14.6 Å². The lowest BCUT2D eigenvalue weighted by atomic mass is 10.1. The molecule has 0 aliphatic heterocycles. The van der Waals surface area contributed by atoms with Crippen molar-refractivity contribution < 1.29 is 0 Å². The van der Waals surface area contributed by atoms with Crippen LogP contribution in [0.25, 0.3) is 11.0 Å². The lowest BCUT2D eigenvalue weighted by Crippen LogP contribution is -2.07. The molecule has 1 N–H and O–H groups in total. The zero-order valence-corrected chi connectivity index (χ0v) is 17.3. The molecule has 0 saturated heterocycles. The van der Waals surface area contributed by atoms with Crippen LogP contribution in [0.15, 0.2) is 66.0 Å². The quantitative estimate of drug-likeness (QED) is 0.234. The van der Waals surface area contributed by atoms with Gasteiger partial charge in [0.15, 0.2) is 10.8 Å². The normalized spacial score (nSPS) is 12.2. The number of nitrogens with zero attached hydrogens (tertiary/aromatic N) is 4. The first kappa shape index (κ1) is 19.1. The second-order valence-electron chi connectivity index (χ2n) is 6.14. The van der Waals surface area contributed by atoms with Crippen LogP contribution in [0.1, 0.15) is 10.9 Å². The molecule has 0 fully saturated rings. The zero-order valence-electron chi connectivity index (χ0n) is 15.0. The molecule has 0 saturated carbocycles. The Morgan fingerprint density at radius 2 is 1.93 bits per heavy atom. The lowest BCUT2D eigenvalue weighted by Gasteiger charge is -2.12. The fraction of sp³-hybridized carbons (Fsp3) is 0.150. The number of hydrogen-bond acceptors (Lipinski definition) is 5. The van der Waals surface area contributed by atoms with Gasteiger partial charge < -0.3 is 5.32 Å². The van der Waals surface area contributed by atoms with E-state index in [4.69, 9.17) is 23.2 Å². The van der Waals surface area contributed by atoms with Crippen molar-refractivity contribution in [3.63, 3.8) is 0 Å². The van der Waals surface area contributed by atoms with E-state index in [1.165, 1.54) is 11.8 Å². The molecule has 2 aromatic carbocycles. The van der Waals surface area contributed by atoms with Crippen molar-refractivity contribution in [1.29, 1.82) is 0 Å². The van der Waals surface area contributed by atoms with E-state index in [0.717, 1.165) is 22.3 Å². The van der Waals surface area contributed by atoms with Crippen LogP contribution in [0.5, 0.6) is 0 Å². The predicted molar refractivity (Wildman–Crippen MR) is 117 cm³/mol. The van der Waals surface area contributed by atoms with Crippen molar-refractivity contribution in [2.75, 3.05) is 11.6 Å². The van der Waals surface area contributed by atoms with Gasteiger partial charge in [-0.1, -0.05) is 59.8 Å². The summed E-state index contributed by atoms with van der Waals surface area (Å²) >= 11 is 14.2. The van der Waals surface area contributed by atoms with Crippen molar-refractivity contribution in [1.82, 2.24) is 19.7 Å². The lowest BCUT2D eigenvalue weighted by molar-refractivity contribution is 0.613. The van der Waals surface area contributed by atoms with Gasteiger partial charge in [0.2, 0.25) is 0 Å². The Bertz CT molecular complexity index is 1100. The first-order valence-electron chi connectivity index (χ1n) is 8.63. The fourth-order valence-electron chi connectivity index (χ4n) is 2.88. The third kappa shape index (κ3) is 4.09. The number of benzene rings is 2. The molecule has 142 valence electrons. The van der Waals surface area contributed by atoms with Crippen molar-refractivity contribution in [2.24, 2.45) is 0 Å². The molecule has 0 spiro atoms. The van der Waals surface area contributed by atoms with Crippen LogP contribution in [0, 0.1) is 0 Å². The summed E-state index contributed by atoms with van der Waals surface area (Å²) in [5, 5.41) is 9.77. The SMILES string of the molecule is CSc1nc(Nc2cccc(Cl)c2)c2cnn(CC(Cl)c3ccccc3)c2n1. The van der Waals surface area contributed by atoms with Crippen LogP contribution >= 0.6 is 35.0 Å². The number of rotatable bonds is 6. The van der Waals surface area contributed by atoms with Crippen LogP contribution in [-0.2, 0) is 6.54 Å².